The molecule has 0 saturated heterocycles. The number of hydrogen-bond donors (Lipinski definition) is 1. The molecule has 0 spiro atoms. The SMILES string of the molecule is CCC(C)c1ccc(NC(=O)COC(=O)Cc2ccc(Br)cc2)cc1. The Hall–Kier alpha value is -2.14. The number of amides is 1. The standard InChI is InChI=1S/C20H22BrNO3/c1-3-14(2)16-6-10-18(11-7-16)22-19(23)13-25-20(24)12-15-4-8-17(21)9-5-15/h4-11,14H,3,12-13H2,1-2H3,(H,22,23). The van der Waals surface area contributed by atoms with Crippen LogP contribution in [0.15, 0.2) is 53.0 Å². The van der Waals surface area contributed by atoms with Crippen LogP contribution in [0.1, 0.15) is 37.3 Å². The Kier molecular flexibility index (Phi) is 7.19. The molecule has 0 bridgehead atoms. The second-order valence-electron chi connectivity index (χ2n) is 5.94. The van der Waals surface area contributed by atoms with E-state index in [9.17, 15) is 9.59 Å². The average molecular weight is 404 g/mol. The minimum absolute atomic E-state index is 0.143. The highest BCUT2D eigenvalue weighted by molar-refractivity contribution is 9.10. The summed E-state index contributed by atoms with van der Waals surface area (Å²) >= 11 is 3.34. The molecule has 0 aliphatic carbocycles. The van der Waals surface area contributed by atoms with Gasteiger partial charge >= 0.3 is 5.97 Å². The van der Waals surface area contributed by atoms with E-state index in [1.165, 1.54) is 5.56 Å². The molecule has 0 heterocycles. The predicted octanol–water partition coefficient (Wildman–Crippen LogP) is 4.69. The van der Waals surface area contributed by atoms with E-state index in [0.717, 1.165) is 16.5 Å². The second-order valence-corrected chi connectivity index (χ2v) is 6.86. The van der Waals surface area contributed by atoms with Crippen LogP contribution in [-0.4, -0.2) is 18.5 Å². The van der Waals surface area contributed by atoms with E-state index < -0.39 is 5.97 Å². The van der Waals surface area contributed by atoms with Crippen molar-refractivity contribution < 1.29 is 14.3 Å². The highest BCUT2D eigenvalue weighted by Gasteiger charge is 2.09. The van der Waals surface area contributed by atoms with Crippen LogP contribution in [-0.2, 0) is 20.7 Å². The molecule has 0 radical (unpaired) electrons. The monoisotopic (exact) mass is 403 g/mol. The number of benzene rings is 2. The Morgan fingerprint density at radius 2 is 1.72 bits per heavy atom. The van der Waals surface area contributed by atoms with Gasteiger partial charge in [0.05, 0.1) is 6.42 Å². The molecule has 0 aliphatic heterocycles. The van der Waals surface area contributed by atoms with Crippen LogP contribution in [0.2, 0.25) is 0 Å². The van der Waals surface area contributed by atoms with Crippen molar-refractivity contribution in [1.82, 2.24) is 0 Å². The van der Waals surface area contributed by atoms with Gasteiger partial charge in [0.25, 0.3) is 5.91 Å². The third-order valence-electron chi connectivity index (χ3n) is 4.00. The van der Waals surface area contributed by atoms with Gasteiger partial charge in [-0.3, -0.25) is 9.59 Å². The number of hydrogen-bond acceptors (Lipinski definition) is 3. The molecule has 1 N–H and O–H groups in total. The molecular weight excluding hydrogens is 382 g/mol. The minimum Gasteiger partial charge on any atom is -0.455 e. The third-order valence-corrected chi connectivity index (χ3v) is 4.53. The molecule has 1 amide bonds. The molecule has 4 nitrogen and oxygen atoms in total. The lowest BCUT2D eigenvalue weighted by molar-refractivity contribution is -0.146. The van der Waals surface area contributed by atoms with Crippen LogP contribution in [0.25, 0.3) is 0 Å². The average Bonchev–Trinajstić information content (AvgIpc) is 2.62. The molecule has 1 unspecified atom stereocenters. The van der Waals surface area contributed by atoms with Crippen LogP contribution in [0, 0.1) is 0 Å². The number of carbonyl (C=O) groups excluding carboxylic acids is 2. The van der Waals surface area contributed by atoms with Crippen molar-refractivity contribution in [3.8, 4) is 0 Å². The molecule has 0 saturated carbocycles. The Morgan fingerprint density at radius 3 is 2.32 bits per heavy atom. The zero-order chi connectivity index (χ0) is 18.2. The second kappa shape index (κ2) is 9.37. The number of anilines is 1. The Labute approximate surface area is 156 Å². The van der Waals surface area contributed by atoms with Gasteiger partial charge in [-0.2, -0.15) is 0 Å². The fourth-order valence-corrected chi connectivity index (χ4v) is 2.56. The van der Waals surface area contributed by atoms with Crippen LogP contribution >= 0.6 is 15.9 Å². The first-order chi connectivity index (χ1) is 12.0. The first kappa shape index (κ1) is 19.2. The number of ether oxygens (including phenoxy) is 1. The maximum absolute atomic E-state index is 11.9. The summed E-state index contributed by atoms with van der Waals surface area (Å²) in [6.45, 7) is 4.02. The summed E-state index contributed by atoms with van der Waals surface area (Å²) < 4.78 is 5.97. The number of halogens is 1. The highest BCUT2D eigenvalue weighted by atomic mass is 79.9. The zero-order valence-electron chi connectivity index (χ0n) is 14.4. The van der Waals surface area contributed by atoms with Gasteiger partial charge in [0, 0.05) is 10.2 Å². The maximum atomic E-state index is 11.9. The van der Waals surface area contributed by atoms with Crippen molar-refractivity contribution in [1.29, 1.82) is 0 Å². The Morgan fingerprint density at radius 1 is 1.08 bits per heavy atom. The van der Waals surface area contributed by atoms with Gasteiger partial charge in [-0.15, -0.1) is 0 Å². The summed E-state index contributed by atoms with van der Waals surface area (Å²) in [6.07, 6.45) is 1.21. The van der Waals surface area contributed by atoms with Crippen LogP contribution in [0.4, 0.5) is 5.69 Å². The number of rotatable bonds is 7. The largest absolute Gasteiger partial charge is 0.455 e. The van der Waals surface area contributed by atoms with Gasteiger partial charge in [0.1, 0.15) is 0 Å². The summed E-state index contributed by atoms with van der Waals surface area (Å²) in [5, 5.41) is 2.73. The zero-order valence-corrected chi connectivity index (χ0v) is 16.0. The summed E-state index contributed by atoms with van der Waals surface area (Å²) in [5.41, 5.74) is 2.77. The van der Waals surface area contributed by atoms with Gasteiger partial charge in [-0.1, -0.05) is 54.0 Å². The van der Waals surface area contributed by atoms with E-state index in [0.29, 0.717) is 11.6 Å². The van der Waals surface area contributed by atoms with Crippen LogP contribution in [0.5, 0.6) is 0 Å². The molecule has 5 heteroatoms. The van der Waals surface area contributed by atoms with Crippen LogP contribution in [0.3, 0.4) is 0 Å². The van der Waals surface area contributed by atoms with Gasteiger partial charge < -0.3 is 10.1 Å². The van der Waals surface area contributed by atoms with Crippen molar-refractivity contribution in [2.24, 2.45) is 0 Å². The van der Waals surface area contributed by atoms with Crippen molar-refractivity contribution in [3.05, 3.63) is 64.1 Å². The molecular formula is C20H22BrNO3. The molecule has 2 aromatic rings. The fraction of sp³-hybridized carbons (Fsp3) is 0.300. The normalized spacial score (nSPS) is 11.6. The number of carbonyl (C=O) groups is 2. The Balaban J connectivity index is 1.78. The van der Waals surface area contributed by atoms with Gasteiger partial charge in [0.15, 0.2) is 6.61 Å². The maximum Gasteiger partial charge on any atom is 0.310 e. The first-order valence-electron chi connectivity index (χ1n) is 8.27. The quantitative estimate of drug-likeness (QED) is 0.682. The van der Waals surface area contributed by atoms with E-state index in [4.69, 9.17) is 4.74 Å². The summed E-state index contributed by atoms with van der Waals surface area (Å²) in [5.74, 6) is -0.283. The molecule has 0 fully saturated rings. The molecule has 1 atom stereocenters. The summed E-state index contributed by atoms with van der Waals surface area (Å²) in [6, 6.07) is 15.1. The Bertz CT molecular complexity index is 711. The molecule has 132 valence electrons. The van der Waals surface area contributed by atoms with E-state index in [-0.39, 0.29) is 18.9 Å². The van der Waals surface area contributed by atoms with Gasteiger partial charge in [0.2, 0.25) is 0 Å². The topological polar surface area (TPSA) is 55.4 Å². The van der Waals surface area contributed by atoms with E-state index in [1.807, 2.05) is 48.5 Å². The van der Waals surface area contributed by atoms with Crippen molar-refractivity contribution in [3.63, 3.8) is 0 Å². The van der Waals surface area contributed by atoms with Crippen LogP contribution < -0.4 is 5.32 Å². The van der Waals surface area contributed by atoms with Gasteiger partial charge in [-0.25, -0.2) is 0 Å². The molecule has 0 aliphatic rings. The molecule has 25 heavy (non-hydrogen) atoms. The smallest absolute Gasteiger partial charge is 0.310 e. The van der Waals surface area contributed by atoms with E-state index >= 15 is 0 Å². The fourth-order valence-electron chi connectivity index (χ4n) is 2.29. The van der Waals surface area contributed by atoms with Crippen molar-refractivity contribution in [2.45, 2.75) is 32.6 Å². The first-order valence-corrected chi connectivity index (χ1v) is 9.07. The minimum atomic E-state index is -0.426. The van der Waals surface area contributed by atoms with Crippen molar-refractivity contribution >= 4 is 33.5 Å². The predicted molar refractivity (Wildman–Crippen MR) is 103 cm³/mol. The summed E-state index contributed by atoms with van der Waals surface area (Å²) in [4.78, 5) is 23.7. The molecule has 2 aromatic carbocycles. The lowest BCUT2D eigenvalue weighted by atomic mass is 9.99. The summed E-state index contributed by atoms with van der Waals surface area (Å²) in [7, 11) is 0. The van der Waals surface area contributed by atoms with Crippen molar-refractivity contribution in [2.75, 3.05) is 11.9 Å². The highest BCUT2D eigenvalue weighted by Crippen LogP contribution is 2.20. The molecule has 2 rings (SSSR count). The lowest BCUT2D eigenvalue weighted by Gasteiger charge is -2.10. The van der Waals surface area contributed by atoms with E-state index in [1.54, 1.807) is 0 Å². The number of esters is 1. The third kappa shape index (κ3) is 6.35. The van der Waals surface area contributed by atoms with E-state index in [2.05, 4.69) is 35.1 Å². The molecule has 0 aromatic heterocycles. The lowest BCUT2D eigenvalue weighted by Crippen LogP contribution is -2.21. The van der Waals surface area contributed by atoms with Gasteiger partial charge in [-0.05, 0) is 47.7 Å². The number of nitrogens with one attached hydrogen (secondary N) is 1.